The number of nitrogens with zero attached hydrogens (tertiary/aromatic N) is 2. The molecule has 0 spiro atoms. The third-order valence-corrected chi connectivity index (χ3v) is 2.75. The number of carboxylic acid groups (broad SMARTS) is 1. The van der Waals surface area contributed by atoms with Gasteiger partial charge in [-0.3, -0.25) is 0 Å². The summed E-state index contributed by atoms with van der Waals surface area (Å²) in [5, 5.41) is 8.52. The Kier molecular flexibility index (Phi) is 4.34. The number of rotatable bonds is 5. The predicted octanol–water partition coefficient (Wildman–Crippen LogP) is 0.624. The van der Waals surface area contributed by atoms with Crippen LogP contribution in [0.15, 0.2) is 0 Å². The topological polar surface area (TPSA) is 70.1 Å². The van der Waals surface area contributed by atoms with Gasteiger partial charge in [0.05, 0.1) is 13.1 Å². The average molecular weight is 244 g/mol. The fourth-order valence-corrected chi connectivity index (χ4v) is 1.90. The lowest BCUT2D eigenvalue weighted by atomic mass is 9.97. The summed E-state index contributed by atoms with van der Waals surface area (Å²) in [6.07, 6.45) is 0.920. The van der Waals surface area contributed by atoms with Crippen LogP contribution in [-0.2, 0) is 9.53 Å². The molecule has 0 saturated carbocycles. The van der Waals surface area contributed by atoms with Crippen LogP contribution in [0, 0.1) is 0 Å². The highest BCUT2D eigenvalue weighted by atomic mass is 16.5. The van der Waals surface area contributed by atoms with Crippen molar-refractivity contribution in [2.24, 2.45) is 0 Å². The lowest BCUT2D eigenvalue weighted by molar-refractivity contribution is -0.160. The molecule has 0 unspecified atom stereocenters. The molecular weight excluding hydrogens is 224 g/mol. The number of carbonyl (C=O) groups is 2. The van der Waals surface area contributed by atoms with E-state index < -0.39 is 11.6 Å². The van der Waals surface area contributed by atoms with Gasteiger partial charge in [-0.1, -0.05) is 6.92 Å². The Labute approximate surface area is 101 Å². The Balaban J connectivity index is 2.34. The first kappa shape index (κ1) is 13.8. The molecule has 1 aliphatic rings. The summed E-state index contributed by atoms with van der Waals surface area (Å²) < 4.78 is 5.24. The van der Waals surface area contributed by atoms with Gasteiger partial charge in [-0.15, -0.1) is 0 Å². The van der Waals surface area contributed by atoms with Crippen LogP contribution >= 0.6 is 0 Å². The molecule has 0 atom stereocenters. The zero-order valence-corrected chi connectivity index (χ0v) is 10.6. The molecule has 17 heavy (non-hydrogen) atoms. The zero-order valence-electron chi connectivity index (χ0n) is 10.6. The molecule has 0 bridgehead atoms. The number of hydrogen-bond acceptors (Lipinski definition) is 3. The summed E-state index contributed by atoms with van der Waals surface area (Å²) in [7, 11) is 1.76. The van der Waals surface area contributed by atoms with Crippen molar-refractivity contribution in [3.8, 4) is 0 Å². The number of hydrogen-bond donors (Lipinski definition) is 1. The van der Waals surface area contributed by atoms with Gasteiger partial charge in [-0.25, -0.2) is 9.59 Å². The van der Waals surface area contributed by atoms with E-state index in [1.807, 2.05) is 13.8 Å². The molecule has 2 amide bonds. The molecule has 1 rings (SSSR count). The minimum Gasteiger partial charge on any atom is -0.480 e. The maximum Gasteiger partial charge on any atom is 0.329 e. The second-order valence-electron chi connectivity index (χ2n) is 4.69. The van der Waals surface area contributed by atoms with Crippen molar-refractivity contribution >= 4 is 12.0 Å². The summed E-state index contributed by atoms with van der Waals surface area (Å²) in [5.41, 5.74) is -0.513. The molecule has 1 N–H and O–H groups in total. The van der Waals surface area contributed by atoms with Crippen LogP contribution < -0.4 is 0 Å². The Morgan fingerprint density at radius 2 is 2.06 bits per heavy atom. The fourth-order valence-electron chi connectivity index (χ4n) is 1.90. The first-order valence-electron chi connectivity index (χ1n) is 5.74. The van der Waals surface area contributed by atoms with E-state index in [0.29, 0.717) is 13.1 Å². The quantitative estimate of drug-likeness (QED) is 0.769. The van der Waals surface area contributed by atoms with Gasteiger partial charge in [-0.2, -0.15) is 0 Å². The summed E-state index contributed by atoms with van der Waals surface area (Å²) >= 11 is 0. The highest BCUT2D eigenvalue weighted by Gasteiger charge is 2.43. The number of carboxylic acids is 1. The van der Waals surface area contributed by atoms with Gasteiger partial charge in [0, 0.05) is 13.6 Å². The number of ether oxygens (including phenoxy) is 1. The van der Waals surface area contributed by atoms with E-state index in [2.05, 4.69) is 0 Å². The Bertz CT molecular complexity index is 300. The molecule has 0 aromatic rings. The summed E-state index contributed by atoms with van der Waals surface area (Å²) in [6, 6.07) is -0.0248. The van der Waals surface area contributed by atoms with E-state index in [1.54, 1.807) is 16.8 Å². The second kappa shape index (κ2) is 5.35. The molecular formula is C11H20N2O4. The number of amides is 2. The molecule has 1 saturated heterocycles. The van der Waals surface area contributed by atoms with E-state index in [1.165, 1.54) is 0 Å². The van der Waals surface area contributed by atoms with Crippen LogP contribution in [0.2, 0.25) is 0 Å². The number of likely N-dealkylation sites (tertiary alicyclic amines) is 1. The number of urea groups is 1. The number of carbonyl (C=O) groups excluding carboxylic acids is 1. The first-order chi connectivity index (χ1) is 7.88. The molecule has 6 heteroatoms. The van der Waals surface area contributed by atoms with Crippen LogP contribution in [0.4, 0.5) is 4.79 Å². The maximum atomic E-state index is 11.8. The molecule has 1 aliphatic heterocycles. The van der Waals surface area contributed by atoms with Gasteiger partial charge in [0.15, 0.2) is 0 Å². The molecule has 0 radical (unpaired) electrons. The molecule has 0 aromatic heterocycles. The van der Waals surface area contributed by atoms with Gasteiger partial charge in [0.25, 0.3) is 0 Å². The summed E-state index contributed by atoms with van der Waals surface area (Å²) in [6.45, 7) is 5.14. The Hall–Kier alpha value is -1.30. The largest absolute Gasteiger partial charge is 0.480 e. The van der Waals surface area contributed by atoms with Crippen LogP contribution in [0.1, 0.15) is 20.3 Å². The molecule has 0 aliphatic carbocycles. The van der Waals surface area contributed by atoms with Crippen LogP contribution in [0.25, 0.3) is 0 Å². The van der Waals surface area contributed by atoms with Crippen molar-refractivity contribution in [3.63, 3.8) is 0 Å². The van der Waals surface area contributed by atoms with Crippen LogP contribution in [0.5, 0.6) is 0 Å². The lowest BCUT2D eigenvalue weighted by Crippen LogP contribution is -2.65. The highest BCUT2D eigenvalue weighted by molar-refractivity contribution is 5.75. The molecule has 0 aromatic carbocycles. The van der Waals surface area contributed by atoms with Gasteiger partial charge < -0.3 is 19.6 Å². The summed E-state index contributed by atoms with van der Waals surface area (Å²) in [5.74, 6) is -0.987. The SMILES string of the molecule is CCCN(C)C(=O)N1CC(C)(OCC(=O)O)C1. The van der Waals surface area contributed by atoms with Crippen LogP contribution in [-0.4, -0.2) is 65.8 Å². The standard InChI is InChI=1S/C11H20N2O4/c1-4-5-12(3)10(16)13-7-11(2,8-13)17-6-9(14)15/h4-8H2,1-3H3,(H,14,15). The van der Waals surface area contributed by atoms with Crippen molar-refractivity contribution in [1.29, 1.82) is 0 Å². The van der Waals surface area contributed by atoms with Gasteiger partial charge in [-0.05, 0) is 13.3 Å². The minimum absolute atomic E-state index is 0.0248. The van der Waals surface area contributed by atoms with E-state index in [4.69, 9.17) is 9.84 Å². The fraction of sp³-hybridized carbons (Fsp3) is 0.818. The van der Waals surface area contributed by atoms with E-state index in [0.717, 1.165) is 13.0 Å². The van der Waals surface area contributed by atoms with Gasteiger partial charge in [0.1, 0.15) is 12.2 Å². The van der Waals surface area contributed by atoms with E-state index >= 15 is 0 Å². The highest BCUT2D eigenvalue weighted by Crippen LogP contribution is 2.25. The predicted molar refractivity (Wildman–Crippen MR) is 61.9 cm³/mol. The van der Waals surface area contributed by atoms with Crippen molar-refractivity contribution < 1.29 is 19.4 Å². The van der Waals surface area contributed by atoms with E-state index in [9.17, 15) is 9.59 Å². The molecule has 1 fully saturated rings. The molecule has 1 heterocycles. The van der Waals surface area contributed by atoms with Crippen molar-refractivity contribution in [2.45, 2.75) is 25.9 Å². The first-order valence-corrected chi connectivity index (χ1v) is 5.74. The van der Waals surface area contributed by atoms with Crippen molar-refractivity contribution in [1.82, 2.24) is 9.80 Å². The zero-order chi connectivity index (χ0) is 13.1. The molecule has 98 valence electrons. The van der Waals surface area contributed by atoms with Gasteiger partial charge in [0.2, 0.25) is 0 Å². The monoisotopic (exact) mass is 244 g/mol. The Morgan fingerprint density at radius 3 is 2.53 bits per heavy atom. The van der Waals surface area contributed by atoms with Gasteiger partial charge >= 0.3 is 12.0 Å². The summed E-state index contributed by atoms with van der Waals surface area (Å²) in [4.78, 5) is 25.5. The maximum absolute atomic E-state index is 11.8. The molecule has 6 nitrogen and oxygen atoms in total. The second-order valence-corrected chi connectivity index (χ2v) is 4.69. The smallest absolute Gasteiger partial charge is 0.329 e. The third-order valence-electron chi connectivity index (χ3n) is 2.75. The third kappa shape index (κ3) is 3.59. The average Bonchev–Trinajstić information content (AvgIpc) is 2.22. The lowest BCUT2D eigenvalue weighted by Gasteiger charge is -2.48. The van der Waals surface area contributed by atoms with E-state index in [-0.39, 0.29) is 12.6 Å². The van der Waals surface area contributed by atoms with Crippen LogP contribution in [0.3, 0.4) is 0 Å². The Morgan fingerprint density at radius 1 is 1.47 bits per heavy atom. The van der Waals surface area contributed by atoms with Crippen molar-refractivity contribution in [3.05, 3.63) is 0 Å². The number of aliphatic carboxylic acids is 1. The normalized spacial score (nSPS) is 17.5. The van der Waals surface area contributed by atoms with Crippen molar-refractivity contribution in [2.75, 3.05) is 33.3 Å². The minimum atomic E-state index is -0.987.